The Morgan fingerprint density at radius 1 is 1.00 bits per heavy atom. The van der Waals surface area contributed by atoms with Crippen LogP contribution in [-0.2, 0) is 0 Å². The minimum Gasteiger partial charge on any atom is -0.509 e. The van der Waals surface area contributed by atoms with Gasteiger partial charge >= 0.3 is 0 Å². The molecule has 29 heavy (non-hydrogen) atoms. The van der Waals surface area contributed by atoms with Gasteiger partial charge in [0.1, 0.15) is 5.76 Å². The highest BCUT2D eigenvalue weighted by molar-refractivity contribution is 5.43. The van der Waals surface area contributed by atoms with Gasteiger partial charge in [0, 0.05) is 19.3 Å². The van der Waals surface area contributed by atoms with Gasteiger partial charge in [-0.15, -0.1) is 0 Å². The molecule has 0 saturated heterocycles. The maximum Gasteiger partial charge on any atom is 0.108 e. The topological polar surface area (TPSA) is 23.5 Å². The molecule has 0 heterocycles. The van der Waals surface area contributed by atoms with E-state index in [9.17, 15) is 5.11 Å². The predicted octanol–water partition coefficient (Wildman–Crippen LogP) is 8.29. The van der Waals surface area contributed by atoms with Crippen molar-refractivity contribution in [3.05, 3.63) is 71.7 Å². The lowest BCUT2D eigenvalue weighted by Gasteiger charge is -2.31. The van der Waals surface area contributed by atoms with Gasteiger partial charge in [-0.25, -0.2) is 0 Å². The van der Waals surface area contributed by atoms with Crippen molar-refractivity contribution in [2.75, 3.05) is 13.6 Å². The molecule has 1 aliphatic carbocycles. The van der Waals surface area contributed by atoms with E-state index in [1.54, 1.807) is 6.08 Å². The van der Waals surface area contributed by atoms with E-state index in [-0.39, 0.29) is 5.76 Å². The van der Waals surface area contributed by atoms with Crippen LogP contribution in [0.25, 0.3) is 0 Å². The number of rotatable bonds is 10. The van der Waals surface area contributed by atoms with Crippen LogP contribution in [0.4, 0.5) is 0 Å². The van der Waals surface area contributed by atoms with E-state index in [2.05, 4.69) is 63.3 Å². The maximum absolute atomic E-state index is 9.73. The summed E-state index contributed by atoms with van der Waals surface area (Å²) in [6, 6.07) is 0. The zero-order valence-electron chi connectivity index (χ0n) is 19.9. The highest BCUT2D eigenvalue weighted by Crippen LogP contribution is 2.28. The van der Waals surface area contributed by atoms with E-state index in [1.165, 1.54) is 37.7 Å². The molecule has 1 N–H and O–H groups in total. The summed E-state index contributed by atoms with van der Waals surface area (Å²) < 4.78 is 0. The molecule has 0 aliphatic heterocycles. The second-order valence-electron chi connectivity index (χ2n) is 7.58. The van der Waals surface area contributed by atoms with Crippen molar-refractivity contribution in [3.63, 3.8) is 0 Å². The molecule has 0 radical (unpaired) electrons. The third-order valence-electron chi connectivity index (χ3n) is 5.20. The zero-order valence-corrected chi connectivity index (χ0v) is 19.9. The molecule has 0 bridgehead atoms. The lowest BCUT2D eigenvalue weighted by Crippen LogP contribution is -2.27. The summed E-state index contributed by atoms with van der Waals surface area (Å²) in [6.07, 6.45) is 18.8. The summed E-state index contributed by atoms with van der Waals surface area (Å²) in [6.45, 7) is 19.3. The van der Waals surface area contributed by atoms with Gasteiger partial charge < -0.3 is 10.0 Å². The van der Waals surface area contributed by atoms with Crippen molar-refractivity contribution >= 4 is 0 Å². The average Bonchev–Trinajstić information content (AvgIpc) is 2.72. The molecule has 1 saturated carbocycles. The van der Waals surface area contributed by atoms with Gasteiger partial charge in [0.05, 0.1) is 0 Å². The monoisotopic (exact) mass is 399 g/mol. The molecule has 0 aromatic rings. The minimum absolute atomic E-state index is 0.105. The lowest BCUT2D eigenvalue weighted by molar-refractivity contribution is 0.270. The molecule has 0 amide bonds. The predicted molar refractivity (Wildman–Crippen MR) is 131 cm³/mol. The molecular formula is C27H45NO. The van der Waals surface area contributed by atoms with Crippen LogP contribution in [-0.4, -0.2) is 23.6 Å². The van der Waals surface area contributed by atoms with Crippen LogP contribution in [0.3, 0.4) is 0 Å². The van der Waals surface area contributed by atoms with Crippen LogP contribution < -0.4 is 0 Å². The van der Waals surface area contributed by atoms with E-state index in [0.717, 1.165) is 42.1 Å². The first-order valence-corrected chi connectivity index (χ1v) is 11.4. The summed E-state index contributed by atoms with van der Waals surface area (Å²) in [4.78, 5) is 2.34. The van der Waals surface area contributed by atoms with Crippen LogP contribution in [0.1, 0.15) is 79.6 Å². The second-order valence-corrected chi connectivity index (χ2v) is 7.58. The molecule has 0 aromatic carbocycles. The van der Waals surface area contributed by atoms with Crippen LogP contribution in [0, 0.1) is 5.92 Å². The Kier molecular flexibility index (Phi) is 14.8. The summed E-state index contributed by atoms with van der Waals surface area (Å²) in [5.74, 6) is 0.855. The Morgan fingerprint density at radius 3 is 2.10 bits per heavy atom. The first-order valence-electron chi connectivity index (χ1n) is 11.4. The molecule has 2 heteroatoms. The lowest BCUT2D eigenvalue weighted by atomic mass is 9.88. The fourth-order valence-corrected chi connectivity index (χ4v) is 3.80. The van der Waals surface area contributed by atoms with Crippen molar-refractivity contribution < 1.29 is 5.11 Å². The molecule has 0 aromatic heterocycles. The Bertz CT molecular complexity index is 612. The van der Waals surface area contributed by atoms with Crippen molar-refractivity contribution in [2.24, 2.45) is 5.92 Å². The normalized spacial score (nSPS) is 16.4. The molecule has 0 unspecified atom stereocenters. The SMILES string of the molecule is C=C(/C=C(\C=C/C)CC)/C=C(/C(=C/C(=C)O)CC)N(C)CC1CCCCC1.CC. The Balaban J connectivity index is 0.00000379. The highest BCUT2D eigenvalue weighted by Gasteiger charge is 2.18. The van der Waals surface area contributed by atoms with Crippen LogP contribution in [0.2, 0.25) is 0 Å². The van der Waals surface area contributed by atoms with Gasteiger partial charge in [0.2, 0.25) is 0 Å². The number of aliphatic hydroxyl groups is 1. The number of aliphatic hydroxyl groups excluding tert-OH is 1. The Morgan fingerprint density at radius 2 is 1.62 bits per heavy atom. The van der Waals surface area contributed by atoms with Crippen molar-refractivity contribution in [1.82, 2.24) is 4.90 Å². The van der Waals surface area contributed by atoms with Gasteiger partial charge in [-0.3, -0.25) is 0 Å². The van der Waals surface area contributed by atoms with Crippen LogP contribution in [0.15, 0.2) is 71.7 Å². The number of hydrogen-bond donors (Lipinski definition) is 1. The maximum atomic E-state index is 9.73. The molecule has 1 fully saturated rings. The Hall–Kier alpha value is -1.96. The largest absolute Gasteiger partial charge is 0.509 e. The first kappa shape index (κ1) is 27.0. The van der Waals surface area contributed by atoms with E-state index in [1.807, 2.05) is 20.8 Å². The van der Waals surface area contributed by atoms with E-state index >= 15 is 0 Å². The molecule has 1 rings (SSSR count). The van der Waals surface area contributed by atoms with Crippen molar-refractivity contribution in [3.8, 4) is 0 Å². The van der Waals surface area contributed by atoms with E-state index in [4.69, 9.17) is 0 Å². The fourth-order valence-electron chi connectivity index (χ4n) is 3.80. The zero-order chi connectivity index (χ0) is 22.2. The molecule has 164 valence electrons. The van der Waals surface area contributed by atoms with Gasteiger partial charge in [0.15, 0.2) is 0 Å². The Labute approximate surface area is 181 Å². The average molecular weight is 400 g/mol. The van der Waals surface area contributed by atoms with Crippen LogP contribution in [0.5, 0.6) is 0 Å². The quantitative estimate of drug-likeness (QED) is 0.295. The summed E-state index contributed by atoms with van der Waals surface area (Å²) in [7, 11) is 2.16. The number of nitrogens with zero attached hydrogens (tertiary/aromatic N) is 1. The minimum atomic E-state index is 0.105. The summed E-state index contributed by atoms with van der Waals surface area (Å²) in [5, 5.41) is 9.73. The molecule has 1 aliphatic rings. The molecular weight excluding hydrogens is 354 g/mol. The van der Waals surface area contributed by atoms with Gasteiger partial charge in [-0.1, -0.05) is 78.3 Å². The molecule has 2 nitrogen and oxygen atoms in total. The van der Waals surface area contributed by atoms with Crippen molar-refractivity contribution in [1.29, 1.82) is 0 Å². The van der Waals surface area contributed by atoms with E-state index in [0.29, 0.717) is 0 Å². The van der Waals surface area contributed by atoms with Gasteiger partial charge in [-0.2, -0.15) is 0 Å². The van der Waals surface area contributed by atoms with Crippen molar-refractivity contribution in [2.45, 2.75) is 79.6 Å². The summed E-state index contributed by atoms with van der Waals surface area (Å²) >= 11 is 0. The molecule has 0 spiro atoms. The summed E-state index contributed by atoms with van der Waals surface area (Å²) in [5.41, 5.74) is 4.48. The number of likely N-dealkylation sites (N-methyl/N-ethyl adjacent to an activating group) is 1. The van der Waals surface area contributed by atoms with Crippen LogP contribution >= 0.6 is 0 Å². The van der Waals surface area contributed by atoms with Gasteiger partial charge in [0.25, 0.3) is 0 Å². The number of allylic oxidation sites excluding steroid dienone is 8. The fraction of sp³-hybridized carbons (Fsp3) is 0.556. The van der Waals surface area contributed by atoms with E-state index < -0.39 is 0 Å². The highest BCUT2D eigenvalue weighted by atomic mass is 16.3. The smallest absolute Gasteiger partial charge is 0.108 e. The third-order valence-corrected chi connectivity index (χ3v) is 5.20. The number of hydrogen-bond acceptors (Lipinski definition) is 2. The first-order chi connectivity index (χ1) is 13.9. The van der Waals surface area contributed by atoms with Gasteiger partial charge in [-0.05, 0) is 67.4 Å². The second kappa shape index (κ2) is 15.9. The third kappa shape index (κ3) is 11.0. The standard InChI is InChI=1S/C25H39NO.C2H6/c1-7-13-22(8-2)16-20(4)17-25(24(9-3)18-21(5)27)26(6)19-23-14-11-10-12-15-23;1-2/h7,13,16-18,23,27H,4-5,8-12,14-15,19H2,1-3,6H3;1-2H3/b13-7-,22-16-,24-18+,25-17-;. The molecule has 0 atom stereocenters.